The molecule has 0 radical (unpaired) electrons. The lowest BCUT2D eigenvalue weighted by Gasteiger charge is -2.24. The molecule has 0 fully saturated rings. The zero-order valence-corrected chi connectivity index (χ0v) is 23.6. The van der Waals surface area contributed by atoms with Gasteiger partial charge in [-0.25, -0.2) is 16.8 Å². The quantitative estimate of drug-likeness (QED) is 0.322. The maximum Gasteiger partial charge on any atom is 0.261 e. The molecule has 0 aliphatic carbocycles. The summed E-state index contributed by atoms with van der Waals surface area (Å²) in [6.07, 6.45) is 1.51. The molecule has 0 atom stereocenters. The summed E-state index contributed by atoms with van der Waals surface area (Å²) in [7, 11) is -7.44. The number of halogens is 2. The monoisotopic (exact) mass is 583 g/mol. The van der Waals surface area contributed by atoms with E-state index in [4.69, 9.17) is 23.2 Å². The molecule has 12 heteroatoms. The molecule has 2 N–H and O–H groups in total. The fourth-order valence-electron chi connectivity index (χ4n) is 3.60. The Kier molecular flexibility index (Phi) is 9.12. The van der Waals surface area contributed by atoms with Crippen molar-refractivity contribution in [3.8, 4) is 0 Å². The van der Waals surface area contributed by atoms with Gasteiger partial charge in [0.05, 0.1) is 22.5 Å². The first-order valence-electron chi connectivity index (χ1n) is 11.2. The van der Waals surface area contributed by atoms with Crippen LogP contribution in [-0.4, -0.2) is 35.5 Å². The molecule has 198 valence electrons. The smallest absolute Gasteiger partial charge is 0.261 e. The van der Waals surface area contributed by atoms with Crippen molar-refractivity contribution < 1.29 is 21.6 Å². The van der Waals surface area contributed by atoms with Gasteiger partial charge in [0, 0.05) is 28.7 Å². The normalized spacial score (nSPS) is 11.7. The Bertz CT molecular complexity index is 1490. The number of aryl methyl sites for hydroxylation is 2. The van der Waals surface area contributed by atoms with Gasteiger partial charge in [-0.05, 0) is 79.9 Å². The van der Waals surface area contributed by atoms with Gasteiger partial charge in [-0.15, -0.1) is 0 Å². The van der Waals surface area contributed by atoms with E-state index >= 15 is 0 Å². The molecule has 0 saturated carbocycles. The summed E-state index contributed by atoms with van der Waals surface area (Å²) in [5.41, 5.74) is 2.98. The standard InChI is InChI=1S/C25H27Cl2N3O5S2/c1-17-6-7-18(2)24(13-17)30(36(3,32)33)12-4-5-25(31)28-21-8-10-23(11-9-21)37(34,35)29-22-15-19(26)14-20(27)16-22/h6-11,13-16,29H,4-5,12H2,1-3H3,(H,28,31). The van der Waals surface area contributed by atoms with Crippen molar-refractivity contribution >= 4 is 66.2 Å². The summed E-state index contributed by atoms with van der Waals surface area (Å²) < 4.78 is 53.8. The zero-order chi connectivity index (χ0) is 27.4. The number of hydrogen-bond donors (Lipinski definition) is 2. The lowest BCUT2D eigenvalue weighted by atomic mass is 10.1. The first kappa shape index (κ1) is 28.8. The topological polar surface area (TPSA) is 113 Å². The van der Waals surface area contributed by atoms with Gasteiger partial charge in [-0.2, -0.15) is 0 Å². The Morgan fingerprint density at radius 1 is 0.865 bits per heavy atom. The van der Waals surface area contributed by atoms with Crippen LogP contribution in [0.25, 0.3) is 0 Å². The Hall–Kier alpha value is -2.79. The van der Waals surface area contributed by atoms with Gasteiger partial charge in [0.2, 0.25) is 15.9 Å². The van der Waals surface area contributed by atoms with E-state index in [1.54, 1.807) is 0 Å². The molecule has 0 unspecified atom stereocenters. The molecule has 3 rings (SSSR count). The number of nitrogens with zero attached hydrogens (tertiary/aromatic N) is 1. The fourth-order valence-corrected chi connectivity index (χ4v) is 6.19. The third-order valence-corrected chi connectivity index (χ3v) is 8.38. The van der Waals surface area contributed by atoms with E-state index in [1.165, 1.54) is 46.8 Å². The van der Waals surface area contributed by atoms with Crippen molar-refractivity contribution in [1.82, 2.24) is 0 Å². The first-order valence-corrected chi connectivity index (χ1v) is 15.3. The molecular weight excluding hydrogens is 557 g/mol. The average molecular weight is 585 g/mol. The Morgan fingerprint density at radius 2 is 1.49 bits per heavy atom. The Labute approximate surface area is 227 Å². The van der Waals surface area contributed by atoms with Crippen LogP contribution in [0.2, 0.25) is 10.0 Å². The Balaban J connectivity index is 1.60. The Morgan fingerprint density at radius 3 is 2.08 bits per heavy atom. The van der Waals surface area contributed by atoms with E-state index in [-0.39, 0.29) is 39.5 Å². The maximum atomic E-state index is 12.7. The van der Waals surface area contributed by atoms with Crippen LogP contribution in [0.4, 0.5) is 17.1 Å². The van der Waals surface area contributed by atoms with Gasteiger partial charge < -0.3 is 5.32 Å². The van der Waals surface area contributed by atoms with Crippen LogP contribution in [0.5, 0.6) is 0 Å². The lowest BCUT2D eigenvalue weighted by molar-refractivity contribution is -0.116. The number of carbonyl (C=O) groups excluding carboxylic acids is 1. The van der Waals surface area contributed by atoms with Crippen LogP contribution < -0.4 is 14.3 Å². The molecule has 0 bridgehead atoms. The van der Waals surface area contributed by atoms with Gasteiger partial charge in [0.25, 0.3) is 10.0 Å². The third kappa shape index (κ3) is 8.10. The molecular formula is C25H27Cl2N3O5S2. The summed E-state index contributed by atoms with van der Waals surface area (Å²) in [5, 5.41) is 3.28. The number of carbonyl (C=O) groups is 1. The highest BCUT2D eigenvalue weighted by Gasteiger charge is 2.20. The van der Waals surface area contributed by atoms with E-state index in [9.17, 15) is 21.6 Å². The number of amides is 1. The highest BCUT2D eigenvalue weighted by molar-refractivity contribution is 7.92. The predicted molar refractivity (Wildman–Crippen MR) is 150 cm³/mol. The molecule has 0 aliphatic heterocycles. The maximum absolute atomic E-state index is 12.7. The zero-order valence-electron chi connectivity index (χ0n) is 20.5. The van der Waals surface area contributed by atoms with Crippen LogP contribution in [0, 0.1) is 13.8 Å². The molecule has 0 spiro atoms. The summed E-state index contributed by atoms with van der Waals surface area (Å²) in [6.45, 7) is 3.87. The van der Waals surface area contributed by atoms with E-state index in [2.05, 4.69) is 10.0 Å². The lowest BCUT2D eigenvalue weighted by Crippen LogP contribution is -2.32. The van der Waals surface area contributed by atoms with Crippen molar-refractivity contribution in [3.63, 3.8) is 0 Å². The minimum atomic E-state index is -3.91. The van der Waals surface area contributed by atoms with Gasteiger partial charge in [0.1, 0.15) is 0 Å². The minimum Gasteiger partial charge on any atom is -0.326 e. The van der Waals surface area contributed by atoms with E-state index in [0.29, 0.717) is 17.8 Å². The van der Waals surface area contributed by atoms with Crippen LogP contribution in [-0.2, 0) is 24.8 Å². The molecule has 1 amide bonds. The van der Waals surface area contributed by atoms with Crippen LogP contribution in [0.3, 0.4) is 0 Å². The van der Waals surface area contributed by atoms with E-state index in [0.717, 1.165) is 17.4 Å². The summed E-state index contributed by atoms with van der Waals surface area (Å²) in [4.78, 5) is 12.4. The van der Waals surface area contributed by atoms with Crippen molar-refractivity contribution in [3.05, 3.63) is 81.8 Å². The van der Waals surface area contributed by atoms with Crippen LogP contribution in [0.15, 0.2) is 65.6 Å². The molecule has 37 heavy (non-hydrogen) atoms. The first-order chi connectivity index (χ1) is 17.2. The van der Waals surface area contributed by atoms with Gasteiger partial charge >= 0.3 is 0 Å². The van der Waals surface area contributed by atoms with Crippen LogP contribution >= 0.6 is 23.2 Å². The minimum absolute atomic E-state index is 0.0149. The number of anilines is 3. The van der Waals surface area contributed by atoms with Gasteiger partial charge in [0.15, 0.2) is 0 Å². The van der Waals surface area contributed by atoms with Crippen molar-refractivity contribution in [2.45, 2.75) is 31.6 Å². The molecule has 0 aromatic heterocycles. The fraction of sp³-hybridized carbons (Fsp3) is 0.240. The average Bonchev–Trinajstić information content (AvgIpc) is 2.77. The molecule has 0 heterocycles. The van der Waals surface area contributed by atoms with Crippen molar-refractivity contribution in [1.29, 1.82) is 0 Å². The van der Waals surface area contributed by atoms with E-state index < -0.39 is 20.0 Å². The third-order valence-electron chi connectivity index (χ3n) is 5.36. The highest BCUT2D eigenvalue weighted by atomic mass is 35.5. The number of hydrogen-bond acceptors (Lipinski definition) is 5. The SMILES string of the molecule is Cc1ccc(C)c(N(CCCC(=O)Nc2ccc(S(=O)(=O)Nc3cc(Cl)cc(Cl)c3)cc2)S(C)(=O)=O)c1. The molecule has 8 nitrogen and oxygen atoms in total. The second-order valence-corrected chi connectivity index (χ2v) is 13.0. The number of benzene rings is 3. The molecule has 0 aliphatic rings. The largest absolute Gasteiger partial charge is 0.326 e. The van der Waals surface area contributed by atoms with Crippen molar-refractivity contribution in [2.75, 3.05) is 27.1 Å². The predicted octanol–water partition coefficient (Wildman–Crippen LogP) is 5.60. The molecule has 0 saturated heterocycles. The summed E-state index contributed by atoms with van der Waals surface area (Å²) in [6, 6.07) is 15.6. The van der Waals surface area contributed by atoms with Gasteiger partial charge in [-0.1, -0.05) is 35.3 Å². The second-order valence-electron chi connectivity index (χ2n) is 8.56. The van der Waals surface area contributed by atoms with E-state index in [1.807, 2.05) is 32.0 Å². The highest BCUT2D eigenvalue weighted by Crippen LogP contribution is 2.26. The number of nitrogens with one attached hydrogen (secondary N) is 2. The van der Waals surface area contributed by atoms with Crippen molar-refractivity contribution in [2.24, 2.45) is 0 Å². The second kappa shape index (κ2) is 11.7. The molecule has 3 aromatic carbocycles. The molecule has 3 aromatic rings. The summed E-state index contributed by atoms with van der Waals surface area (Å²) in [5.74, 6) is -0.322. The van der Waals surface area contributed by atoms with Gasteiger partial charge in [-0.3, -0.25) is 13.8 Å². The van der Waals surface area contributed by atoms with Crippen LogP contribution in [0.1, 0.15) is 24.0 Å². The number of rotatable bonds is 10. The summed E-state index contributed by atoms with van der Waals surface area (Å²) >= 11 is 11.8. The number of sulfonamides is 2.